The number of aromatic nitrogens is 3. The third-order valence-corrected chi connectivity index (χ3v) is 1.00. The average molecular weight is 294 g/mol. The lowest BCUT2D eigenvalue weighted by atomic mass is 10.6. The first-order chi connectivity index (χ1) is 9.81. The number of nitrogens with zero attached hydrogens (tertiary/aromatic N) is 3. The Hall–Kier alpha value is -3.36. The zero-order valence-electron chi connectivity index (χ0n) is 11.4. The second-order valence-corrected chi connectivity index (χ2v) is 2.61. The first kappa shape index (κ1) is 22.8. The average Bonchev–Trinajstić information content (AvgIpc) is 2.50. The highest BCUT2D eigenvalue weighted by molar-refractivity contribution is 5.85. The molecule has 6 N–H and O–H groups in total. The van der Waals surface area contributed by atoms with Gasteiger partial charge in [0.15, 0.2) is 0 Å². The molecule has 0 aliphatic carbocycles. The van der Waals surface area contributed by atoms with Crippen molar-refractivity contribution >= 4 is 17.7 Å². The van der Waals surface area contributed by atoms with E-state index in [1.54, 1.807) is 0 Å². The van der Waals surface area contributed by atoms with Gasteiger partial charge >= 0.3 is 0 Å². The van der Waals surface area contributed by atoms with E-state index in [0.29, 0.717) is 0 Å². The van der Waals surface area contributed by atoms with Crippen LogP contribution in [0, 0.1) is 0 Å². The summed E-state index contributed by atoms with van der Waals surface area (Å²) >= 11 is 0. The third kappa shape index (κ3) is 47.8. The molecule has 0 fully saturated rings. The summed E-state index contributed by atoms with van der Waals surface area (Å²) in [5.41, 5.74) is 13.6. The molecule has 3 amide bonds. The van der Waals surface area contributed by atoms with E-state index in [9.17, 15) is 14.4 Å². The first-order valence-electron chi connectivity index (χ1n) is 5.12. The Labute approximate surface area is 122 Å². The molecule has 0 unspecified atom stereocenters. The van der Waals surface area contributed by atoms with Crippen molar-refractivity contribution in [1.29, 1.82) is 0 Å². The minimum atomic E-state index is -0.481. The second-order valence-electron chi connectivity index (χ2n) is 2.61. The number of primary amides is 3. The van der Waals surface area contributed by atoms with E-state index in [1.165, 1.54) is 19.0 Å². The highest BCUT2D eigenvalue weighted by atomic mass is 16.1. The Morgan fingerprint density at radius 3 is 0.857 bits per heavy atom. The van der Waals surface area contributed by atoms with Crippen molar-refractivity contribution in [2.45, 2.75) is 0 Å². The number of carbonyl (C=O) groups is 3. The second kappa shape index (κ2) is 19.0. The molecule has 0 radical (unpaired) electrons. The molecule has 1 rings (SSSR count). The predicted octanol–water partition coefficient (Wildman–Crippen LogP) is -1.16. The van der Waals surface area contributed by atoms with Crippen LogP contribution in [0.1, 0.15) is 0 Å². The summed E-state index contributed by atoms with van der Waals surface area (Å²) in [4.78, 5) is 39.1. The van der Waals surface area contributed by atoms with Crippen LogP contribution in [0.2, 0.25) is 0 Å². The number of nitrogens with two attached hydrogens (primary N) is 3. The lowest BCUT2D eigenvalue weighted by molar-refractivity contribution is -0.114. The van der Waals surface area contributed by atoms with Crippen LogP contribution in [-0.2, 0) is 14.4 Å². The zero-order valence-corrected chi connectivity index (χ0v) is 11.4. The fourth-order valence-corrected chi connectivity index (χ4v) is 0.205. The first-order valence-corrected chi connectivity index (χ1v) is 5.12. The van der Waals surface area contributed by atoms with Crippen LogP contribution in [0.5, 0.6) is 0 Å². The van der Waals surface area contributed by atoms with Gasteiger partial charge in [0.1, 0.15) is 19.0 Å². The van der Waals surface area contributed by atoms with E-state index in [-0.39, 0.29) is 0 Å². The van der Waals surface area contributed by atoms with Crippen molar-refractivity contribution in [3.05, 3.63) is 56.9 Å². The molecular formula is C12H18N6O3. The number of amides is 3. The SMILES string of the molecule is C=CC(N)=O.C=CC(N)=O.C=CC(N)=O.c1ncncn1. The van der Waals surface area contributed by atoms with Gasteiger partial charge < -0.3 is 17.2 Å². The molecule has 0 spiro atoms. The highest BCUT2D eigenvalue weighted by Gasteiger charge is 1.70. The van der Waals surface area contributed by atoms with Crippen molar-refractivity contribution in [1.82, 2.24) is 15.0 Å². The van der Waals surface area contributed by atoms with Crippen LogP contribution >= 0.6 is 0 Å². The maximum Gasteiger partial charge on any atom is 0.240 e. The summed E-state index contributed by atoms with van der Waals surface area (Å²) in [6, 6.07) is 0. The van der Waals surface area contributed by atoms with Crippen LogP contribution in [0.15, 0.2) is 56.9 Å². The summed E-state index contributed by atoms with van der Waals surface area (Å²) < 4.78 is 0. The molecule has 1 aromatic heterocycles. The van der Waals surface area contributed by atoms with Gasteiger partial charge in [-0.2, -0.15) is 0 Å². The number of rotatable bonds is 3. The van der Waals surface area contributed by atoms with Gasteiger partial charge in [-0.05, 0) is 18.2 Å². The van der Waals surface area contributed by atoms with Gasteiger partial charge in [-0.1, -0.05) is 19.7 Å². The molecule has 1 heterocycles. The maximum atomic E-state index is 9.47. The maximum absolute atomic E-state index is 9.47. The van der Waals surface area contributed by atoms with Crippen LogP contribution < -0.4 is 17.2 Å². The van der Waals surface area contributed by atoms with Crippen molar-refractivity contribution in [2.24, 2.45) is 17.2 Å². The summed E-state index contributed by atoms with van der Waals surface area (Å²) in [5, 5.41) is 0. The van der Waals surface area contributed by atoms with Crippen molar-refractivity contribution < 1.29 is 14.4 Å². The van der Waals surface area contributed by atoms with Crippen molar-refractivity contribution in [3.63, 3.8) is 0 Å². The summed E-state index contributed by atoms with van der Waals surface area (Å²) in [7, 11) is 0. The van der Waals surface area contributed by atoms with Gasteiger partial charge in [-0.3, -0.25) is 14.4 Å². The molecule has 114 valence electrons. The Morgan fingerprint density at radius 1 is 0.667 bits per heavy atom. The van der Waals surface area contributed by atoms with E-state index in [2.05, 4.69) is 51.9 Å². The molecular weight excluding hydrogens is 276 g/mol. The molecule has 9 nitrogen and oxygen atoms in total. The van der Waals surface area contributed by atoms with Crippen LogP contribution in [-0.4, -0.2) is 32.7 Å². The van der Waals surface area contributed by atoms with Gasteiger partial charge in [0.05, 0.1) is 0 Å². The van der Waals surface area contributed by atoms with E-state index in [4.69, 9.17) is 0 Å². The van der Waals surface area contributed by atoms with Gasteiger partial charge in [-0.15, -0.1) is 0 Å². The normalized spacial score (nSPS) is 6.86. The predicted molar refractivity (Wildman–Crippen MR) is 78.0 cm³/mol. The van der Waals surface area contributed by atoms with Gasteiger partial charge in [-0.25, -0.2) is 15.0 Å². The fraction of sp³-hybridized carbons (Fsp3) is 0. The molecule has 0 bridgehead atoms. The molecule has 1 aromatic rings. The molecule has 9 heteroatoms. The van der Waals surface area contributed by atoms with Crippen LogP contribution in [0.3, 0.4) is 0 Å². The Balaban J connectivity index is -0.000000207. The van der Waals surface area contributed by atoms with Crippen LogP contribution in [0.25, 0.3) is 0 Å². The number of carbonyl (C=O) groups excluding carboxylic acids is 3. The Kier molecular flexibility index (Phi) is 20.6. The lowest BCUT2D eigenvalue weighted by Gasteiger charge is -1.69. The zero-order chi connectivity index (χ0) is 17.1. The molecule has 0 aliphatic rings. The molecule has 0 saturated heterocycles. The molecule has 0 saturated carbocycles. The van der Waals surface area contributed by atoms with E-state index < -0.39 is 17.7 Å². The molecule has 0 atom stereocenters. The Bertz CT molecular complexity index is 378. The Morgan fingerprint density at radius 2 is 0.810 bits per heavy atom. The minimum absolute atomic E-state index is 0.481. The summed E-state index contributed by atoms with van der Waals surface area (Å²) in [6.07, 6.45) is 7.48. The smallest absolute Gasteiger partial charge is 0.240 e. The lowest BCUT2D eigenvalue weighted by Crippen LogP contribution is -2.04. The highest BCUT2D eigenvalue weighted by Crippen LogP contribution is 1.57. The number of hydrogen-bond acceptors (Lipinski definition) is 6. The standard InChI is InChI=1S/C3H3N3.3C3H5NO/c1-4-2-6-3-5-1;3*1-2-3(4)5/h1-3H;3*2H,1H2,(H2,4,5). The number of hydrogen-bond donors (Lipinski definition) is 3. The molecule has 0 aliphatic heterocycles. The molecule has 21 heavy (non-hydrogen) atoms. The summed E-state index contributed by atoms with van der Waals surface area (Å²) in [6.45, 7) is 9.26. The quantitative estimate of drug-likeness (QED) is 0.594. The topological polar surface area (TPSA) is 168 Å². The molecule has 0 aromatic carbocycles. The minimum Gasteiger partial charge on any atom is -0.366 e. The van der Waals surface area contributed by atoms with Crippen molar-refractivity contribution in [2.75, 3.05) is 0 Å². The van der Waals surface area contributed by atoms with Gasteiger partial charge in [0, 0.05) is 0 Å². The van der Waals surface area contributed by atoms with Gasteiger partial charge in [0.25, 0.3) is 0 Å². The monoisotopic (exact) mass is 294 g/mol. The summed E-state index contributed by atoms with van der Waals surface area (Å²) in [5.74, 6) is -1.44. The largest absolute Gasteiger partial charge is 0.366 e. The van der Waals surface area contributed by atoms with E-state index in [0.717, 1.165) is 18.2 Å². The van der Waals surface area contributed by atoms with Crippen molar-refractivity contribution in [3.8, 4) is 0 Å². The van der Waals surface area contributed by atoms with E-state index >= 15 is 0 Å². The third-order valence-electron chi connectivity index (χ3n) is 1.00. The van der Waals surface area contributed by atoms with E-state index in [1.807, 2.05) is 0 Å². The fourth-order valence-electron chi connectivity index (χ4n) is 0.205. The van der Waals surface area contributed by atoms with Crippen LogP contribution in [0.4, 0.5) is 0 Å². The van der Waals surface area contributed by atoms with Gasteiger partial charge in [0.2, 0.25) is 17.7 Å².